The monoisotopic (exact) mass is 265 g/mol. The Morgan fingerprint density at radius 1 is 1.11 bits per heavy atom. The van der Waals surface area contributed by atoms with Crippen LogP contribution in [-0.2, 0) is 6.42 Å². The average molecular weight is 266 g/mol. The molecule has 4 heteroatoms. The van der Waals surface area contributed by atoms with Crippen molar-refractivity contribution in [2.75, 3.05) is 6.54 Å². The predicted octanol–water partition coefficient (Wildman–Crippen LogP) is 3.35. The van der Waals surface area contributed by atoms with Crippen molar-refractivity contribution in [3.63, 3.8) is 0 Å². The Bertz CT molecular complexity index is 572. The normalized spacial score (nSPS) is 10.6. The third-order valence-electron chi connectivity index (χ3n) is 2.71. The van der Waals surface area contributed by atoms with Gasteiger partial charge < -0.3 is 10.8 Å². The van der Waals surface area contributed by atoms with E-state index in [-0.39, 0.29) is 5.75 Å². The number of aromatic hydroxyl groups is 1. The molecule has 0 aliphatic rings. The maximum absolute atomic E-state index is 13.2. The van der Waals surface area contributed by atoms with E-state index in [4.69, 9.17) is 17.3 Å². The largest absolute Gasteiger partial charge is 0.507 e. The summed E-state index contributed by atoms with van der Waals surface area (Å²) in [7, 11) is 0. The molecule has 0 saturated heterocycles. The molecule has 0 radical (unpaired) electrons. The number of rotatable bonds is 3. The summed E-state index contributed by atoms with van der Waals surface area (Å²) < 4.78 is 13.2. The van der Waals surface area contributed by atoms with E-state index in [2.05, 4.69) is 0 Å². The Kier molecular flexibility index (Phi) is 3.84. The summed E-state index contributed by atoms with van der Waals surface area (Å²) >= 11 is 6.09. The van der Waals surface area contributed by atoms with Crippen molar-refractivity contribution in [1.29, 1.82) is 0 Å². The lowest BCUT2D eigenvalue weighted by Gasteiger charge is -2.09. The maximum atomic E-state index is 13.2. The van der Waals surface area contributed by atoms with Gasteiger partial charge in [0.25, 0.3) is 0 Å². The molecule has 0 bridgehead atoms. The van der Waals surface area contributed by atoms with Crippen LogP contribution in [0.5, 0.6) is 5.75 Å². The van der Waals surface area contributed by atoms with E-state index in [0.29, 0.717) is 29.1 Å². The van der Waals surface area contributed by atoms with Crippen LogP contribution in [0.25, 0.3) is 11.1 Å². The van der Waals surface area contributed by atoms with E-state index in [1.54, 1.807) is 6.07 Å². The quantitative estimate of drug-likeness (QED) is 0.894. The van der Waals surface area contributed by atoms with E-state index in [1.165, 1.54) is 18.2 Å². The van der Waals surface area contributed by atoms with E-state index >= 15 is 0 Å². The van der Waals surface area contributed by atoms with E-state index in [1.807, 2.05) is 12.1 Å². The first-order valence-electron chi connectivity index (χ1n) is 5.59. The molecule has 0 amide bonds. The summed E-state index contributed by atoms with van der Waals surface area (Å²) in [6.45, 7) is 0.524. The zero-order valence-corrected chi connectivity index (χ0v) is 10.4. The van der Waals surface area contributed by atoms with Crippen molar-refractivity contribution in [3.05, 3.63) is 52.8 Å². The molecule has 0 aromatic heterocycles. The summed E-state index contributed by atoms with van der Waals surface area (Å²) in [6.07, 6.45) is 0.709. The minimum absolute atomic E-state index is 0.00296. The van der Waals surface area contributed by atoms with Crippen molar-refractivity contribution in [3.8, 4) is 16.9 Å². The summed E-state index contributed by atoms with van der Waals surface area (Å²) in [4.78, 5) is 0. The number of hydrogen-bond acceptors (Lipinski definition) is 2. The third-order valence-corrected chi connectivity index (χ3v) is 3.04. The molecule has 2 aromatic rings. The van der Waals surface area contributed by atoms with Gasteiger partial charge in [0.2, 0.25) is 0 Å². The first-order chi connectivity index (χ1) is 8.61. The number of benzene rings is 2. The summed E-state index contributed by atoms with van der Waals surface area (Å²) in [6, 6.07) is 9.21. The smallest absolute Gasteiger partial charge is 0.124 e. The van der Waals surface area contributed by atoms with Gasteiger partial charge in [-0.15, -0.1) is 0 Å². The van der Waals surface area contributed by atoms with Crippen LogP contribution in [0.1, 0.15) is 5.56 Å². The highest BCUT2D eigenvalue weighted by atomic mass is 35.5. The van der Waals surface area contributed by atoms with Gasteiger partial charge in [0.1, 0.15) is 11.6 Å². The molecule has 0 aliphatic carbocycles. The van der Waals surface area contributed by atoms with Gasteiger partial charge in [-0.25, -0.2) is 4.39 Å². The van der Waals surface area contributed by atoms with Crippen LogP contribution in [0.2, 0.25) is 5.02 Å². The minimum Gasteiger partial charge on any atom is -0.507 e. The molecule has 2 rings (SSSR count). The molecular formula is C14H13ClFNO. The summed E-state index contributed by atoms with van der Waals surface area (Å²) in [5.74, 6) is -0.411. The average Bonchev–Trinajstić information content (AvgIpc) is 2.35. The van der Waals surface area contributed by atoms with Crippen molar-refractivity contribution in [1.82, 2.24) is 0 Å². The molecule has 0 fully saturated rings. The molecular weight excluding hydrogens is 253 g/mol. The number of hydrogen-bond donors (Lipinski definition) is 2. The molecule has 2 aromatic carbocycles. The van der Waals surface area contributed by atoms with Gasteiger partial charge >= 0.3 is 0 Å². The molecule has 3 N–H and O–H groups in total. The van der Waals surface area contributed by atoms with Gasteiger partial charge in [-0.2, -0.15) is 0 Å². The Morgan fingerprint density at radius 3 is 2.61 bits per heavy atom. The molecule has 18 heavy (non-hydrogen) atoms. The second-order valence-electron chi connectivity index (χ2n) is 4.01. The predicted molar refractivity (Wildman–Crippen MR) is 71.3 cm³/mol. The second-order valence-corrected chi connectivity index (χ2v) is 4.42. The molecule has 0 saturated carbocycles. The third kappa shape index (κ3) is 2.63. The Morgan fingerprint density at radius 2 is 1.89 bits per heavy atom. The number of phenolic OH excluding ortho intramolecular Hbond substituents is 1. The molecule has 0 atom stereocenters. The Balaban J connectivity index is 2.55. The van der Waals surface area contributed by atoms with Crippen LogP contribution in [0, 0.1) is 5.82 Å². The van der Waals surface area contributed by atoms with Crippen molar-refractivity contribution in [2.45, 2.75) is 6.42 Å². The first-order valence-corrected chi connectivity index (χ1v) is 5.97. The topological polar surface area (TPSA) is 46.2 Å². The zero-order chi connectivity index (χ0) is 13.1. The van der Waals surface area contributed by atoms with Gasteiger partial charge in [0, 0.05) is 16.1 Å². The molecule has 0 spiro atoms. The van der Waals surface area contributed by atoms with E-state index < -0.39 is 5.82 Å². The molecule has 0 aliphatic heterocycles. The van der Waals surface area contributed by atoms with Gasteiger partial charge in [-0.1, -0.05) is 17.7 Å². The second kappa shape index (κ2) is 5.38. The van der Waals surface area contributed by atoms with E-state index in [0.717, 1.165) is 5.56 Å². The summed E-state index contributed by atoms with van der Waals surface area (Å²) in [5, 5.41) is 10.3. The molecule has 0 unspecified atom stereocenters. The fourth-order valence-electron chi connectivity index (χ4n) is 1.82. The Hall–Kier alpha value is -1.58. The summed E-state index contributed by atoms with van der Waals surface area (Å²) in [5.41, 5.74) is 7.50. The van der Waals surface area contributed by atoms with Gasteiger partial charge in [0.05, 0.1) is 0 Å². The van der Waals surface area contributed by atoms with Crippen molar-refractivity contribution >= 4 is 11.6 Å². The number of nitrogens with two attached hydrogens (primary N) is 1. The van der Waals surface area contributed by atoms with Gasteiger partial charge in [-0.05, 0) is 48.9 Å². The maximum Gasteiger partial charge on any atom is 0.124 e. The van der Waals surface area contributed by atoms with Crippen LogP contribution in [0.15, 0.2) is 36.4 Å². The lowest BCUT2D eigenvalue weighted by Crippen LogP contribution is -2.02. The highest BCUT2D eigenvalue weighted by Gasteiger charge is 2.10. The minimum atomic E-state index is -0.414. The SMILES string of the molecule is NCCc1ccc(Cl)c(-c2cc(F)ccc2O)c1. The fraction of sp³-hybridized carbons (Fsp3) is 0.143. The Labute approximate surface area is 110 Å². The lowest BCUT2D eigenvalue weighted by atomic mass is 10.0. The highest BCUT2D eigenvalue weighted by molar-refractivity contribution is 6.33. The fourth-order valence-corrected chi connectivity index (χ4v) is 2.04. The van der Waals surface area contributed by atoms with Crippen LogP contribution in [0.3, 0.4) is 0 Å². The van der Waals surface area contributed by atoms with Gasteiger partial charge in [0.15, 0.2) is 0 Å². The molecule has 94 valence electrons. The zero-order valence-electron chi connectivity index (χ0n) is 9.66. The van der Waals surface area contributed by atoms with Crippen LogP contribution in [-0.4, -0.2) is 11.7 Å². The first kappa shape index (κ1) is 12.9. The van der Waals surface area contributed by atoms with E-state index in [9.17, 15) is 9.50 Å². The van der Waals surface area contributed by atoms with Crippen molar-refractivity contribution in [2.24, 2.45) is 5.73 Å². The van der Waals surface area contributed by atoms with Crippen LogP contribution < -0.4 is 5.73 Å². The standard InChI is InChI=1S/C14H13ClFNO/c15-13-3-1-9(5-6-17)7-11(13)12-8-10(16)2-4-14(12)18/h1-4,7-8,18H,5-6,17H2. The number of phenols is 1. The van der Waals surface area contributed by atoms with Crippen LogP contribution >= 0.6 is 11.6 Å². The van der Waals surface area contributed by atoms with Crippen LogP contribution in [0.4, 0.5) is 4.39 Å². The highest BCUT2D eigenvalue weighted by Crippen LogP contribution is 2.35. The molecule has 0 heterocycles. The molecule has 2 nitrogen and oxygen atoms in total. The van der Waals surface area contributed by atoms with Gasteiger partial charge in [-0.3, -0.25) is 0 Å². The van der Waals surface area contributed by atoms with Crippen molar-refractivity contribution < 1.29 is 9.50 Å². The lowest BCUT2D eigenvalue weighted by molar-refractivity contribution is 0.475. The number of halogens is 2.